The monoisotopic (exact) mass is 337 g/mol. The second kappa shape index (κ2) is 6.67. The van der Waals surface area contributed by atoms with Crippen molar-refractivity contribution in [2.45, 2.75) is 18.9 Å². The molecule has 1 saturated heterocycles. The number of pyridine rings is 1. The van der Waals surface area contributed by atoms with Gasteiger partial charge in [0.25, 0.3) is 0 Å². The van der Waals surface area contributed by atoms with Crippen LogP contribution < -0.4 is 9.80 Å². The fourth-order valence-corrected chi connectivity index (χ4v) is 3.06. The lowest BCUT2D eigenvalue weighted by molar-refractivity contribution is 0.475. The lowest BCUT2D eigenvalue weighted by Gasteiger charge is -2.37. The summed E-state index contributed by atoms with van der Waals surface area (Å²) in [5.41, 5.74) is 0. The summed E-state index contributed by atoms with van der Waals surface area (Å²) in [4.78, 5) is 17.3. The maximum atomic E-state index is 6.22. The Morgan fingerprint density at radius 2 is 1.82 bits per heavy atom. The molecule has 0 bridgehead atoms. The maximum absolute atomic E-state index is 6.22. The first-order chi connectivity index (χ1) is 10.6. The third kappa shape index (κ3) is 3.25. The minimum atomic E-state index is 0.403. The third-order valence-electron chi connectivity index (χ3n) is 3.97. The number of hydrogen-bond acceptors (Lipinski definition) is 5. The van der Waals surface area contributed by atoms with Crippen LogP contribution in [0.25, 0.3) is 0 Å². The van der Waals surface area contributed by atoms with Gasteiger partial charge in [0.2, 0.25) is 5.95 Å². The van der Waals surface area contributed by atoms with Crippen molar-refractivity contribution in [1.82, 2.24) is 15.0 Å². The van der Waals surface area contributed by atoms with Crippen LogP contribution in [0.2, 0.25) is 10.0 Å². The molecule has 22 heavy (non-hydrogen) atoms. The predicted octanol–water partition coefficient (Wildman–Crippen LogP) is 3.28. The first-order valence-corrected chi connectivity index (χ1v) is 7.96. The third-order valence-corrected chi connectivity index (χ3v) is 4.46. The van der Waals surface area contributed by atoms with E-state index < -0.39 is 0 Å². The Morgan fingerprint density at radius 1 is 1.14 bits per heavy atom. The Bertz CT molecular complexity index is 626. The van der Waals surface area contributed by atoms with Crippen molar-refractivity contribution in [3.63, 3.8) is 0 Å². The molecule has 0 aliphatic carbocycles. The average Bonchev–Trinajstić information content (AvgIpc) is 2.56. The lowest BCUT2D eigenvalue weighted by atomic mass is 10.0. The van der Waals surface area contributed by atoms with E-state index in [0.29, 0.717) is 22.0 Å². The summed E-state index contributed by atoms with van der Waals surface area (Å²) in [6.07, 6.45) is 7.05. The summed E-state index contributed by atoms with van der Waals surface area (Å²) >= 11 is 12.1. The van der Waals surface area contributed by atoms with Crippen molar-refractivity contribution in [3.05, 3.63) is 40.8 Å². The van der Waals surface area contributed by atoms with Gasteiger partial charge in [0.05, 0.1) is 22.4 Å². The van der Waals surface area contributed by atoms with Crippen LogP contribution in [-0.4, -0.2) is 41.1 Å². The fourth-order valence-electron chi connectivity index (χ4n) is 2.73. The molecule has 2 aromatic heterocycles. The molecule has 3 heterocycles. The summed E-state index contributed by atoms with van der Waals surface area (Å²) in [6, 6.07) is 4.13. The van der Waals surface area contributed by atoms with Crippen molar-refractivity contribution < 1.29 is 0 Å². The Hall–Kier alpha value is -1.59. The van der Waals surface area contributed by atoms with Crippen LogP contribution in [0.1, 0.15) is 12.8 Å². The molecule has 0 aromatic carbocycles. The highest BCUT2D eigenvalue weighted by Crippen LogP contribution is 2.27. The van der Waals surface area contributed by atoms with Crippen LogP contribution in [0.15, 0.2) is 30.7 Å². The molecule has 1 fully saturated rings. The highest BCUT2D eigenvalue weighted by atomic mass is 35.5. The zero-order valence-corrected chi connectivity index (χ0v) is 13.8. The van der Waals surface area contributed by atoms with Crippen molar-refractivity contribution in [2.75, 3.05) is 29.9 Å². The molecule has 0 atom stereocenters. The van der Waals surface area contributed by atoms with Crippen LogP contribution in [0, 0.1) is 0 Å². The molecule has 3 rings (SSSR count). The van der Waals surface area contributed by atoms with E-state index in [-0.39, 0.29) is 0 Å². The van der Waals surface area contributed by atoms with Gasteiger partial charge in [0.15, 0.2) is 0 Å². The lowest BCUT2D eigenvalue weighted by Crippen LogP contribution is -2.44. The molecule has 0 unspecified atom stereocenters. The molecule has 116 valence electrons. The van der Waals surface area contributed by atoms with Gasteiger partial charge in [0, 0.05) is 32.4 Å². The molecule has 1 aliphatic rings. The second-order valence-corrected chi connectivity index (χ2v) is 6.18. The van der Waals surface area contributed by atoms with E-state index in [1.165, 1.54) is 0 Å². The Morgan fingerprint density at radius 3 is 2.45 bits per heavy atom. The van der Waals surface area contributed by atoms with Gasteiger partial charge in [0.1, 0.15) is 5.82 Å². The first kappa shape index (κ1) is 15.3. The number of hydrogen-bond donors (Lipinski definition) is 0. The van der Waals surface area contributed by atoms with Gasteiger partial charge in [-0.2, -0.15) is 0 Å². The number of halogens is 2. The van der Waals surface area contributed by atoms with Gasteiger partial charge >= 0.3 is 0 Å². The van der Waals surface area contributed by atoms with Crippen molar-refractivity contribution in [1.29, 1.82) is 0 Å². The van der Waals surface area contributed by atoms with Gasteiger partial charge in [-0.15, -0.1) is 0 Å². The van der Waals surface area contributed by atoms with Crippen molar-refractivity contribution in [2.24, 2.45) is 0 Å². The van der Waals surface area contributed by atoms with Crippen LogP contribution in [0.5, 0.6) is 0 Å². The standard InChI is InChI=1S/C15H17Cl2N5/c1-21(15-19-9-11(16)10-20-15)12-4-7-22(8-5-12)14-13(17)3-2-6-18-14/h2-3,6,9-10,12H,4-5,7-8H2,1H3. The van der Waals surface area contributed by atoms with Crippen LogP contribution >= 0.6 is 23.2 Å². The maximum Gasteiger partial charge on any atom is 0.225 e. The van der Waals surface area contributed by atoms with E-state index in [4.69, 9.17) is 23.2 Å². The minimum Gasteiger partial charge on any atom is -0.355 e. The van der Waals surface area contributed by atoms with Gasteiger partial charge < -0.3 is 9.80 Å². The highest BCUT2D eigenvalue weighted by Gasteiger charge is 2.25. The average molecular weight is 338 g/mol. The molecule has 1 aliphatic heterocycles. The molecule has 0 saturated carbocycles. The number of aromatic nitrogens is 3. The van der Waals surface area contributed by atoms with Crippen molar-refractivity contribution in [3.8, 4) is 0 Å². The Labute approximate surface area is 139 Å². The van der Waals surface area contributed by atoms with Gasteiger partial charge in [-0.1, -0.05) is 23.2 Å². The SMILES string of the molecule is CN(c1ncc(Cl)cn1)C1CCN(c2ncccc2Cl)CC1. The number of piperidine rings is 1. The zero-order valence-electron chi connectivity index (χ0n) is 12.3. The molecule has 0 N–H and O–H groups in total. The number of nitrogens with zero attached hydrogens (tertiary/aromatic N) is 5. The fraction of sp³-hybridized carbons (Fsp3) is 0.400. The van der Waals surface area contributed by atoms with Gasteiger partial charge in [-0.3, -0.25) is 0 Å². The van der Waals surface area contributed by atoms with E-state index >= 15 is 0 Å². The zero-order chi connectivity index (χ0) is 15.5. The molecule has 0 amide bonds. The normalized spacial score (nSPS) is 15.9. The van der Waals surface area contributed by atoms with E-state index in [1.807, 2.05) is 19.2 Å². The molecular weight excluding hydrogens is 321 g/mol. The van der Waals surface area contributed by atoms with E-state index in [1.54, 1.807) is 18.6 Å². The number of anilines is 2. The highest BCUT2D eigenvalue weighted by molar-refractivity contribution is 6.32. The van der Waals surface area contributed by atoms with Gasteiger partial charge in [-0.25, -0.2) is 15.0 Å². The first-order valence-electron chi connectivity index (χ1n) is 7.21. The largest absolute Gasteiger partial charge is 0.355 e. The summed E-state index contributed by atoms with van der Waals surface area (Å²) < 4.78 is 0. The van der Waals surface area contributed by atoms with E-state index in [0.717, 1.165) is 31.7 Å². The van der Waals surface area contributed by atoms with E-state index in [9.17, 15) is 0 Å². The summed E-state index contributed by atoms with van der Waals surface area (Å²) in [7, 11) is 2.03. The van der Waals surface area contributed by atoms with Crippen LogP contribution in [0.3, 0.4) is 0 Å². The number of rotatable bonds is 3. The summed E-state index contributed by atoms with van der Waals surface area (Å²) in [5, 5.41) is 1.26. The van der Waals surface area contributed by atoms with Crippen LogP contribution in [-0.2, 0) is 0 Å². The van der Waals surface area contributed by atoms with Gasteiger partial charge in [-0.05, 0) is 25.0 Å². The molecule has 5 nitrogen and oxygen atoms in total. The van der Waals surface area contributed by atoms with E-state index in [2.05, 4.69) is 24.8 Å². The molecule has 0 radical (unpaired) electrons. The summed E-state index contributed by atoms with van der Waals surface area (Å²) in [5.74, 6) is 1.58. The molecule has 0 spiro atoms. The quantitative estimate of drug-likeness (QED) is 0.859. The molecule has 7 heteroatoms. The van der Waals surface area contributed by atoms with Crippen molar-refractivity contribution >= 4 is 35.0 Å². The topological polar surface area (TPSA) is 45.2 Å². The molecule has 2 aromatic rings. The Balaban J connectivity index is 1.64. The minimum absolute atomic E-state index is 0.403. The summed E-state index contributed by atoms with van der Waals surface area (Å²) in [6.45, 7) is 1.83. The Kier molecular flexibility index (Phi) is 4.64. The predicted molar refractivity (Wildman–Crippen MR) is 89.9 cm³/mol. The second-order valence-electron chi connectivity index (χ2n) is 5.34. The van der Waals surface area contributed by atoms with Crippen LogP contribution in [0.4, 0.5) is 11.8 Å². The molecular formula is C15H17Cl2N5. The smallest absolute Gasteiger partial charge is 0.225 e.